The number of para-hydroxylation sites is 1. The minimum Gasteiger partial charge on any atom is -0.484 e. The summed E-state index contributed by atoms with van der Waals surface area (Å²) < 4.78 is 5.56. The average molecular weight is 311 g/mol. The van der Waals surface area contributed by atoms with Crippen molar-refractivity contribution in [1.82, 2.24) is 14.9 Å². The molecule has 3 rings (SSSR count). The first-order valence-electron chi connectivity index (χ1n) is 8.05. The molecule has 0 fully saturated rings. The van der Waals surface area contributed by atoms with Gasteiger partial charge in [0.15, 0.2) is 6.61 Å². The number of rotatable bonds is 4. The number of carbonyl (C=O) groups excluding carboxylic acids is 1. The van der Waals surface area contributed by atoms with Crippen molar-refractivity contribution in [3.05, 3.63) is 53.6 Å². The first-order valence-corrected chi connectivity index (χ1v) is 8.05. The van der Waals surface area contributed by atoms with Gasteiger partial charge in [-0.3, -0.25) is 4.79 Å². The second kappa shape index (κ2) is 7.22. The lowest BCUT2D eigenvalue weighted by atomic mass is 10.1. The predicted octanol–water partition coefficient (Wildman–Crippen LogP) is 2.05. The van der Waals surface area contributed by atoms with E-state index in [0.29, 0.717) is 13.1 Å². The number of ether oxygens (including phenoxy) is 1. The monoisotopic (exact) mass is 311 g/mol. The first-order chi connectivity index (χ1) is 11.3. The van der Waals surface area contributed by atoms with Crippen LogP contribution in [0, 0.1) is 0 Å². The van der Waals surface area contributed by atoms with E-state index in [0.717, 1.165) is 36.4 Å². The number of nitrogens with zero attached hydrogens (tertiary/aromatic N) is 3. The van der Waals surface area contributed by atoms with Gasteiger partial charge >= 0.3 is 0 Å². The van der Waals surface area contributed by atoms with Gasteiger partial charge in [-0.25, -0.2) is 9.97 Å². The Morgan fingerprint density at radius 1 is 1.17 bits per heavy atom. The molecule has 0 N–H and O–H groups in total. The molecule has 1 amide bonds. The lowest BCUT2D eigenvalue weighted by Gasteiger charge is -2.20. The Morgan fingerprint density at radius 2 is 1.96 bits per heavy atom. The highest BCUT2D eigenvalue weighted by atomic mass is 16.5. The first kappa shape index (κ1) is 15.5. The molecule has 120 valence electrons. The van der Waals surface area contributed by atoms with E-state index in [1.165, 1.54) is 5.56 Å². The zero-order valence-corrected chi connectivity index (χ0v) is 13.4. The fourth-order valence-electron chi connectivity index (χ4n) is 2.90. The number of amides is 1. The molecule has 2 heterocycles. The quantitative estimate of drug-likeness (QED) is 0.867. The van der Waals surface area contributed by atoms with Gasteiger partial charge in [0.1, 0.15) is 12.1 Å². The van der Waals surface area contributed by atoms with Gasteiger partial charge in [-0.05, 0) is 30.5 Å². The van der Waals surface area contributed by atoms with Crippen LogP contribution in [-0.4, -0.2) is 40.5 Å². The Balaban J connectivity index is 1.61. The molecule has 1 aliphatic rings. The Hall–Kier alpha value is -2.43. The second-order valence-corrected chi connectivity index (χ2v) is 5.58. The van der Waals surface area contributed by atoms with E-state index in [9.17, 15) is 4.79 Å². The van der Waals surface area contributed by atoms with Crippen molar-refractivity contribution in [3.63, 3.8) is 0 Å². The molecule has 0 radical (unpaired) electrons. The van der Waals surface area contributed by atoms with Crippen molar-refractivity contribution >= 4 is 5.91 Å². The summed E-state index contributed by atoms with van der Waals surface area (Å²) >= 11 is 0. The van der Waals surface area contributed by atoms with Crippen molar-refractivity contribution in [1.29, 1.82) is 0 Å². The van der Waals surface area contributed by atoms with Crippen LogP contribution in [0.25, 0.3) is 0 Å². The van der Waals surface area contributed by atoms with Crippen LogP contribution < -0.4 is 4.74 Å². The molecule has 0 unspecified atom stereocenters. The van der Waals surface area contributed by atoms with Gasteiger partial charge in [-0.1, -0.05) is 25.1 Å². The van der Waals surface area contributed by atoms with Crippen molar-refractivity contribution in [2.24, 2.45) is 0 Å². The number of aromatic nitrogens is 2. The lowest BCUT2D eigenvalue weighted by molar-refractivity contribution is -0.133. The van der Waals surface area contributed by atoms with Crippen LogP contribution in [0.5, 0.6) is 5.75 Å². The smallest absolute Gasteiger partial charge is 0.260 e. The maximum absolute atomic E-state index is 12.4. The van der Waals surface area contributed by atoms with Crippen LogP contribution >= 0.6 is 0 Å². The zero-order valence-electron chi connectivity index (χ0n) is 13.4. The molecule has 5 nitrogen and oxygen atoms in total. The highest BCUT2D eigenvalue weighted by Crippen LogP contribution is 2.17. The summed E-state index contributed by atoms with van der Waals surface area (Å²) in [7, 11) is 0. The highest BCUT2D eigenvalue weighted by Gasteiger charge is 2.21. The van der Waals surface area contributed by atoms with E-state index in [2.05, 4.69) is 16.9 Å². The van der Waals surface area contributed by atoms with Crippen LogP contribution in [-0.2, 0) is 24.1 Å². The minimum absolute atomic E-state index is 0.0210. The van der Waals surface area contributed by atoms with Gasteiger partial charge in [-0.2, -0.15) is 0 Å². The molecule has 2 aromatic rings. The standard InChI is InChI=1S/C18H21N3O2/c1-2-16-15-8-10-21(11-9-17(15)20-13-19-16)18(22)12-23-14-6-4-3-5-7-14/h3-7,13H,2,8-12H2,1H3. The molecule has 1 aromatic carbocycles. The van der Waals surface area contributed by atoms with Crippen LogP contribution in [0.15, 0.2) is 36.7 Å². The summed E-state index contributed by atoms with van der Waals surface area (Å²) in [5.41, 5.74) is 3.40. The van der Waals surface area contributed by atoms with Crippen molar-refractivity contribution in [2.45, 2.75) is 26.2 Å². The van der Waals surface area contributed by atoms with E-state index >= 15 is 0 Å². The number of benzene rings is 1. The third-order valence-corrected chi connectivity index (χ3v) is 4.17. The fraction of sp³-hybridized carbons (Fsp3) is 0.389. The molecule has 1 aromatic heterocycles. The number of hydrogen-bond donors (Lipinski definition) is 0. The summed E-state index contributed by atoms with van der Waals surface area (Å²) in [6, 6.07) is 9.43. The van der Waals surface area contributed by atoms with E-state index in [4.69, 9.17) is 4.74 Å². The molecule has 0 saturated heterocycles. The van der Waals surface area contributed by atoms with Crippen LogP contribution in [0.4, 0.5) is 0 Å². The maximum Gasteiger partial charge on any atom is 0.260 e. The Kier molecular flexibility index (Phi) is 4.86. The van der Waals surface area contributed by atoms with Crippen molar-refractivity contribution in [3.8, 4) is 5.75 Å². The minimum atomic E-state index is 0.0210. The van der Waals surface area contributed by atoms with Gasteiger partial charge in [0, 0.05) is 30.9 Å². The van der Waals surface area contributed by atoms with Crippen LogP contribution in [0.3, 0.4) is 0 Å². The maximum atomic E-state index is 12.4. The van der Waals surface area contributed by atoms with Gasteiger partial charge < -0.3 is 9.64 Å². The Labute approximate surface area is 136 Å². The second-order valence-electron chi connectivity index (χ2n) is 5.58. The Bertz CT molecular complexity index is 673. The van der Waals surface area contributed by atoms with E-state index in [1.807, 2.05) is 35.2 Å². The molecule has 0 aliphatic carbocycles. The number of hydrogen-bond acceptors (Lipinski definition) is 4. The summed E-state index contributed by atoms with van der Waals surface area (Å²) in [4.78, 5) is 23.0. The van der Waals surface area contributed by atoms with Gasteiger partial charge in [0.2, 0.25) is 0 Å². The molecule has 23 heavy (non-hydrogen) atoms. The summed E-state index contributed by atoms with van der Waals surface area (Å²) in [6.07, 6.45) is 4.13. The fourth-order valence-corrected chi connectivity index (χ4v) is 2.90. The van der Waals surface area contributed by atoms with Crippen molar-refractivity contribution < 1.29 is 9.53 Å². The highest BCUT2D eigenvalue weighted by molar-refractivity contribution is 5.77. The molecular formula is C18H21N3O2. The summed E-state index contributed by atoms with van der Waals surface area (Å²) in [5.74, 6) is 0.741. The average Bonchev–Trinajstić information content (AvgIpc) is 2.83. The van der Waals surface area contributed by atoms with Crippen LogP contribution in [0.1, 0.15) is 23.9 Å². The zero-order chi connectivity index (χ0) is 16.1. The normalized spacial score (nSPS) is 14.0. The SMILES string of the molecule is CCc1ncnc2c1CCN(C(=O)COc1ccccc1)CC2. The van der Waals surface area contributed by atoms with Crippen LogP contribution in [0.2, 0.25) is 0 Å². The molecule has 0 spiro atoms. The van der Waals surface area contributed by atoms with E-state index < -0.39 is 0 Å². The third kappa shape index (κ3) is 3.67. The largest absolute Gasteiger partial charge is 0.484 e. The number of fused-ring (bicyclic) bond motifs is 1. The van der Waals surface area contributed by atoms with E-state index in [1.54, 1.807) is 6.33 Å². The molecule has 0 bridgehead atoms. The predicted molar refractivity (Wildman–Crippen MR) is 87.3 cm³/mol. The summed E-state index contributed by atoms with van der Waals surface area (Å²) in [6.45, 7) is 3.56. The van der Waals surface area contributed by atoms with Crippen molar-refractivity contribution in [2.75, 3.05) is 19.7 Å². The molecule has 1 aliphatic heterocycles. The van der Waals surface area contributed by atoms with Gasteiger partial charge in [0.05, 0.1) is 0 Å². The molecule has 5 heteroatoms. The number of carbonyl (C=O) groups is 1. The molecular weight excluding hydrogens is 290 g/mol. The molecule has 0 atom stereocenters. The summed E-state index contributed by atoms with van der Waals surface area (Å²) in [5, 5.41) is 0. The lowest BCUT2D eigenvalue weighted by Crippen LogP contribution is -2.36. The van der Waals surface area contributed by atoms with Gasteiger partial charge in [-0.15, -0.1) is 0 Å². The topological polar surface area (TPSA) is 55.3 Å². The number of aryl methyl sites for hydroxylation is 1. The van der Waals surface area contributed by atoms with E-state index in [-0.39, 0.29) is 12.5 Å². The third-order valence-electron chi connectivity index (χ3n) is 4.17. The Morgan fingerprint density at radius 3 is 2.74 bits per heavy atom. The van der Waals surface area contributed by atoms with Gasteiger partial charge in [0.25, 0.3) is 5.91 Å². The molecule has 0 saturated carbocycles.